The summed E-state index contributed by atoms with van der Waals surface area (Å²) in [6.07, 6.45) is 1.64. The molecule has 1 heterocycles. The molecule has 1 aliphatic heterocycles. The van der Waals surface area contributed by atoms with Crippen LogP contribution in [0.5, 0.6) is 5.75 Å². The predicted octanol–water partition coefficient (Wildman–Crippen LogP) is 1.65. The molecular formula is C15H21NO5S. The zero-order chi connectivity index (χ0) is 16.3. The van der Waals surface area contributed by atoms with E-state index in [4.69, 9.17) is 9.84 Å². The van der Waals surface area contributed by atoms with Gasteiger partial charge in [0.1, 0.15) is 5.75 Å². The minimum atomic E-state index is -3.72. The van der Waals surface area contributed by atoms with E-state index >= 15 is 0 Å². The second kappa shape index (κ2) is 6.66. The summed E-state index contributed by atoms with van der Waals surface area (Å²) in [6.45, 7) is 4.03. The van der Waals surface area contributed by atoms with Crippen LogP contribution in [0.2, 0.25) is 0 Å². The standard InChI is InChI=1S/C15H21NO5S/c1-10(2)13(15(17)18)9-16-22(19,20)12-5-6-14-11(8-12)4-3-7-21-14/h5-6,8,10,13,16H,3-4,7,9H2,1-2H3,(H,17,18). The molecule has 1 aromatic rings. The van der Waals surface area contributed by atoms with Crippen LogP contribution in [0.1, 0.15) is 25.8 Å². The summed E-state index contributed by atoms with van der Waals surface area (Å²) >= 11 is 0. The van der Waals surface area contributed by atoms with E-state index in [1.807, 2.05) is 0 Å². The lowest BCUT2D eigenvalue weighted by Crippen LogP contribution is -2.35. The molecular weight excluding hydrogens is 306 g/mol. The highest BCUT2D eigenvalue weighted by Gasteiger charge is 2.25. The van der Waals surface area contributed by atoms with Gasteiger partial charge in [0.15, 0.2) is 0 Å². The molecule has 1 atom stereocenters. The van der Waals surface area contributed by atoms with Crippen LogP contribution in [-0.2, 0) is 21.2 Å². The number of aryl methyl sites for hydroxylation is 1. The molecule has 0 aromatic heterocycles. The third-order valence-corrected chi connectivity index (χ3v) is 5.23. The number of hydrogen-bond donors (Lipinski definition) is 2. The topological polar surface area (TPSA) is 92.7 Å². The molecule has 22 heavy (non-hydrogen) atoms. The Morgan fingerprint density at radius 1 is 1.41 bits per heavy atom. The molecule has 7 heteroatoms. The van der Waals surface area contributed by atoms with Crippen molar-refractivity contribution < 1.29 is 23.1 Å². The Hall–Kier alpha value is -1.60. The van der Waals surface area contributed by atoms with Gasteiger partial charge in [-0.15, -0.1) is 0 Å². The Morgan fingerprint density at radius 3 is 2.77 bits per heavy atom. The van der Waals surface area contributed by atoms with E-state index in [2.05, 4.69) is 4.72 Å². The molecule has 0 radical (unpaired) electrons. The molecule has 0 saturated carbocycles. The Kier molecular flexibility index (Phi) is 5.08. The van der Waals surface area contributed by atoms with Crippen LogP contribution in [0.15, 0.2) is 23.1 Å². The summed E-state index contributed by atoms with van der Waals surface area (Å²) in [5, 5.41) is 9.12. The fraction of sp³-hybridized carbons (Fsp3) is 0.533. The average molecular weight is 327 g/mol. The molecule has 122 valence electrons. The first-order chi connectivity index (χ1) is 10.3. The van der Waals surface area contributed by atoms with Gasteiger partial charge in [0.2, 0.25) is 10.0 Å². The minimum absolute atomic E-state index is 0.122. The van der Waals surface area contributed by atoms with Crippen LogP contribution in [0.4, 0.5) is 0 Å². The third kappa shape index (κ3) is 3.78. The molecule has 0 bridgehead atoms. The molecule has 0 amide bonds. The van der Waals surface area contributed by atoms with Crippen LogP contribution >= 0.6 is 0 Å². The molecule has 2 N–H and O–H groups in total. The normalized spacial score (nSPS) is 16.0. The summed E-state index contributed by atoms with van der Waals surface area (Å²) in [7, 11) is -3.72. The number of rotatable bonds is 6. The van der Waals surface area contributed by atoms with Crippen molar-refractivity contribution in [1.82, 2.24) is 4.72 Å². The van der Waals surface area contributed by atoms with Gasteiger partial charge in [0.05, 0.1) is 17.4 Å². The van der Waals surface area contributed by atoms with Crippen LogP contribution < -0.4 is 9.46 Å². The number of fused-ring (bicyclic) bond motifs is 1. The quantitative estimate of drug-likeness (QED) is 0.829. The van der Waals surface area contributed by atoms with Crippen molar-refractivity contribution >= 4 is 16.0 Å². The van der Waals surface area contributed by atoms with Crippen molar-refractivity contribution in [1.29, 1.82) is 0 Å². The van der Waals surface area contributed by atoms with Gasteiger partial charge in [-0.25, -0.2) is 13.1 Å². The van der Waals surface area contributed by atoms with Gasteiger partial charge in [0, 0.05) is 6.54 Å². The molecule has 1 unspecified atom stereocenters. The van der Waals surface area contributed by atoms with E-state index in [9.17, 15) is 13.2 Å². The maximum Gasteiger partial charge on any atom is 0.308 e. The van der Waals surface area contributed by atoms with E-state index in [0.29, 0.717) is 6.61 Å². The largest absolute Gasteiger partial charge is 0.493 e. The van der Waals surface area contributed by atoms with Crippen LogP contribution in [0.25, 0.3) is 0 Å². The van der Waals surface area contributed by atoms with E-state index < -0.39 is 21.9 Å². The average Bonchev–Trinajstić information content (AvgIpc) is 2.46. The van der Waals surface area contributed by atoms with Crippen molar-refractivity contribution in [2.75, 3.05) is 13.2 Å². The fourth-order valence-electron chi connectivity index (χ4n) is 2.39. The number of carboxylic acid groups (broad SMARTS) is 1. The predicted molar refractivity (Wildman–Crippen MR) is 81.4 cm³/mol. The molecule has 0 saturated heterocycles. The first-order valence-corrected chi connectivity index (χ1v) is 8.78. The number of sulfonamides is 1. The highest BCUT2D eigenvalue weighted by Crippen LogP contribution is 2.27. The van der Waals surface area contributed by atoms with E-state index in [0.717, 1.165) is 24.2 Å². The first-order valence-electron chi connectivity index (χ1n) is 7.29. The Bertz CT molecular complexity index is 654. The lowest BCUT2D eigenvalue weighted by molar-refractivity contribution is -0.142. The number of ether oxygens (including phenoxy) is 1. The second-order valence-electron chi connectivity index (χ2n) is 5.76. The van der Waals surface area contributed by atoms with Crippen molar-refractivity contribution in [3.8, 4) is 5.75 Å². The van der Waals surface area contributed by atoms with Gasteiger partial charge >= 0.3 is 5.97 Å². The van der Waals surface area contributed by atoms with E-state index in [-0.39, 0.29) is 17.4 Å². The monoisotopic (exact) mass is 327 g/mol. The summed E-state index contributed by atoms with van der Waals surface area (Å²) in [4.78, 5) is 11.3. The molecule has 0 aliphatic carbocycles. The molecule has 2 rings (SSSR count). The number of hydrogen-bond acceptors (Lipinski definition) is 4. The van der Waals surface area contributed by atoms with Crippen LogP contribution in [0, 0.1) is 11.8 Å². The van der Waals surface area contributed by atoms with Gasteiger partial charge in [0.25, 0.3) is 0 Å². The first kappa shape index (κ1) is 16.8. The number of carboxylic acids is 1. The Balaban J connectivity index is 2.15. The van der Waals surface area contributed by atoms with Gasteiger partial charge < -0.3 is 9.84 Å². The Morgan fingerprint density at radius 2 is 2.14 bits per heavy atom. The number of carbonyl (C=O) groups is 1. The lowest BCUT2D eigenvalue weighted by atomic mass is 9.97. The van der Waals surface area contributed by atoms with Gasteiger partial charge in [-0.1, -0.05) is 13.8 Å². The maximum absolute atomic E-state index is 12.3. The highest BCUT2D eigenvalue weighted by molar-refractivity contribution is 7.89. The molecule has 6 nitrogen and oxygen atoms in total. The summed E-state index contributed by atoms with van der Waals surface area (Å²) in [5.74, 6) is -1.19. The van der Waals surface area contributed by atoms with Crippen LogP contribution in [-0.4, -0.2) is 32.6 Å². The summed E-state index contributed by atoms with van der Waals surface area (Å²) in [5.41, 5.74) is 0.868. The zero-order valence-corrected chi connectivity index (χ0v) is 13.5. The Labute approximate surface area is 130 Å². The highest BCUT2D eigenvalue weighted by atomic mass is 32.2. The second-order valence-corrected chi connectivity index (χ2v) is 7.53. The summed E-state index contributed by atoms with van der Waals surface area (Å²) < 4.78 is 32.5. The number of aliphatic carboxylic acids is 1. The fourth-order valence-corrected chi connectivity index (χ4v) is 3.51. The molecule has 1 aliphatic rings. The SMILES string of the molecule is CC(C)C(CNS(=O)(=O)c1ccc2c(c1)CCCO2)C(=O)O. The van der Waals surface area contributed by atoms with Gasteiger partial charge in [-0.3, -0.25) is 4.79 Å². The maximum atomic E-state index is 12.3. The zero-order valence-electron chi connectivity index (χ0n) is 12.7. The van der Waals surface area contributed by atoms with Crippen molar-refractivity contribution in [2.45, 2.75) is 31.6 Å². The molecule has 0 spiro atoms. The lowest BCUT2D eigenvalue weighted by Gasteiger charge is -2.19. The van der Waals surface area contributed by atoms with Gasteiger partial charge in [-0.05, 0) is 42.5 Å². The van der Waals surface area contributed by atoms with Gasteiger partial charge in [-0.2, -0.15) is 0 Å². The van der Waals surface area contributed by atoms with Crippen molar-refractivity contribution in [3.05, 3.63) is 23.8 Å². The number of nitrogens with one attached hydrogen (secondary N) is 1. The molecule has 1 aromatic carbocycles. The molecule has 0 fully saturated rings. The van der Waals surface area contributed by atoms with Crippen LogP contribution in [0.3, 0.4) is 0 Å². The van der Waals surface area contributed by atoms with Crippen molar-refractivity contribution in [3.63, 3.8) is 0 Å². The van der Waals surface area contributed by atoms with Crippen molar-refractivity contribution in [2.24, 2.45) is 11.8 Å². The third-order valence-electron chi connectivity index (χ3n) is 3.81. The number of benzene rings is 1. The minimum Gasteiger partial charge on any atom is -0.493 e. The van der Waals surface area contributed by atoms with E-state index in [1.165, 1.54) is 6.07 Å². The smallest absolute Gasteiger partial charge is 0.308 e. The van der Waals surface area contributed by atoms with E-state index in [1.54, 1.807) is 26.0 Å². The summed E-state index contributed by atoms with van der Waals surface area (Å²) in [6, 6.07) is 4.74.